The van der Waals surface area contributed by atoms with Crippen molar-refractivity contribution in [1.29, 1.82) is 0 Å². The standard InChI is InChI=1S/C14H18BrNO2/c1-17-9-3-10-18-11-8-16-7-6-12-13(15)4-2-5-14(12)16/h2,4-7H,3,8-11H2,1H3. The van der Waals surface area contributed by atoms with Crippen LogP contribution < -0.4 is 0 Å². The Morgan fingerprint density at radius 1 is 1.17 bits per heavy atom. The maximum absolute atomic E-state index is 5.58. The number of fused-ring (bicyclic) bond motifs is 1. The predicted octanol–water partition coefficient (Wildman–Crippen LogP) is 3.46. The van der Waals surface area contributed by atoms with E-state index in [1.807, 2.05) is 0 Å². The van der Waals surface area contributed by atoms with Crippen molar-refractivity contribution in [2.24, 2.45) is 0 Å². The molecule has 98 valence electrons. The van der Waals surface area contributed by atoms with Crippen molar-refractivity contribution in [1.82, 2.24) is 4.57 Å². The Labute approximate surface area is 116 Å². The summed E-state index contributed by atoms with van der Waals surface area (Å²) in [6, 6.07) is 8.38. The molecule has 18 heavy (non-hydrogen) atoms. The number of benzene rings is 1. The summed E-state index contributed by atoms with van der Waals surface area (Å²) in [6.07, 6.45) is 3.06. The van der Waals surface area contributed by atoms with Gasteiger partial charge >= 0.3 is 0 Å². The van der Waals surface area contributed by atoms with Gasteiger partial charge in [0, 0.05) is 48.4 Å². The summed E-state index contributed by atoms with van der Waals surface area (Å²) in [4.78, 5) is 0. The summed E-state index contributed by atoms with van der Waals surface area (Å²) >= 11 is 3.56. The molecule has 0 aliphatic rings. The molecule has 1 heterocycles. The molecule has 0 atom stereocenters. The Balaban J connectivity index is 1.86. The lowest BCUT2D eigenvalue weighted by Crippen LogP contribution is -2.07. The molecule has 0 saturated heterocycles. The summed E-state index contributed by atoms with van der Waals surface area (Å²) in [5, 5.41) is 1.25. The van der Waals surface area contributed by atoms with Crippen LogP contribution in [0.4, 0.5) is 0 Å². The summed E-state index contributed by atoms with van der Waals surface area (Å²) in [5.41, 5.74) is 1.24. The quantitative estimate of drug-likeness (QED) is 0.731. The monoisotopic (exact) mass is 311 g/mol. The van der Waals surface area contributed by atoms with Crippen molar-refractivity contribution in [3.05, 3.63) is 34.9 Å². The van der Waals surface area contributed by atoms with E-state index >= 15 is 0 Å². The number of methoxy groups -OCH3 is 1. The highest BCUT2D eigenvalue weighted by Gasteiger charge is 2.03. The second kappa shape index (κ2) is 6.92. The lowest BCUT2D eigenvalue weighted by molar-refractivity contribution is 0.0982. The van der Waals surface area contributed by atoms with Gasteiger partial charge in [-0.2, -0.15) is 0 Å². The van der Waals surface area contributed by atoms with Gasteiger partial charge in [0.2, 0.25) is 0 Å². The second-order valence-electron chi connectivity index (χ2n) is 4.14. The molecule has 1 aromatic heterocycles. The van der Waals surface area contributed by atoms with E-state index in [9.17, 15) is 0 Å². The van der Waals surface area contributed by atoms with Gasteiger partial charge in [-0.3, -0.25) is 0 Å². The normalized spacial score (nSPS) is 11.2. The first-order valence-electron chi connectivity index (χ1n) is 6.13. The van der Waals surface area contributed by atoms with Gasteiger partial charge in [-0.15, -0.1) is 0 Å². The molecule has 0 aliphatic carbocycles. The van der Waals surface area contributed by atoms with Crippen molar-refractivity contribution in [3.8, 4) is 0 Å². The summed E-state index contributed by atoms with van der Waals surface area (Å²) in [5.74, 6) is 0. The van der Waals surface area contributed by atoms with E-state index in [1.54, 1.807) is 7.11 Å². The number of rotatable bonds is 7. The lowest BCUT2D eigenvalue weighted by Gasteiger charge is -2.07. The lowest BCUT2D eigenvalue weighted by atomic mass is 10.2. The highest BCUT2D eigenvalue weighted by molar-refractivity contribution is 9.10. The minimum Gasteiger partial charge on any atom is -0.385 e. The van der Waals surface area contributed by atoms with Gasteiger partial charge in [0.15, 0.2) is 0 Å². The fourth-order valence-electron chi connectivity index (χ4n) is 1.95. The SMILES string of the molecule is COCCCOCCn1ccc2c(Br)cccc21. The second-order valence-corrected chi connectivity index (χ2v) is 4.99. The largest absolute Gasteiger partial charge is 0.385 e. The molecular formula is C14H18BrNO2. The van der Waals surface area contributed by atoms with Gasteiger partial charge in [0.05, 0.1) is 6.61 Å². The van der Waals surface area contributed by atoms with E-state index in [0.717, 1.165) is 37.3 Å². The van der Waals surface area contributed by atoms with Crippen LogP contribution in [0, 0.1) is 0 Å². The van der Waals surface area contributed by atoms with Gasteiger partial charge in [0.1, 0.15) is 0 Å². The molecule has 0 radical (unpaired) electrons. The fourth-order valence-corrected chi connectivity index (χ4v) is 2.44. The van der Waals surface area contributed by atoms with E-state index in [-0.39, 0.29) is 0 Å². The average molecular weight is 312 g/mol. The molecule has 0 spiro atoms. The highest BCUT2D eigenvalue weighted by Crippen LogP contribution is 2.24. The van der Waals surface area contributed by atoms with Crippen molar-refractivity contribution < 1.29 is 9.47 Å². The molecule has 0 saturated carbocycles. The van der Waals surface area contributed by atoms with Crippen LogP contribution in [0.25, 0.3) is 10.9 Å². The molecule has 0 bridgehead atoms. The molecule has 0 N–H and O–H groups in total. The summed E-state index contributed by atoms with van der Waals surface area (Å²) < 4.78 is 13.9. The van der Waals surface area contributed by atoms with Crippen LogP contribution in [-0.2, 0) is 16.0 Å². The van der Waals surface area contributed by atoms with Crippen molar-refractivity contribution in [3.63, 3.8) is 0 Å². The van der Waals surface area contributed by atoms with Gasteiger partial charge in [-0.25, -0.2) is 0 Å². The third-order valence-corrected chi connectivity index (χ3v) is 3.57. The van der Waals surface area contributed by atoms with E-state index in [2.05, 4.69) is 51.0 Å². The van der Waals surface area contributed by atoms with Gasteiger partial charge in [-0.1, -0.05) is 22.0 Å². The first-order chi connectivity index (χ1) is 8.83. The van der Waals surface area contributed by atoms with Gasteiger partial charge < -0.3 is 14.0 Å². The first kappa shape index (κ1) is 13.6. The maximum Gasteiger partial charge on any atom is 0.0645 e. The molecule has 2 rings (SSSR count). The van der Waals surface area contributed by atoms with Crippen LogP contribution in [0.2, 0.25) is 0 Å². The number of aromatic nitrogens is 1. The van der Waals surface area contributed by atoms with Crippen LogP contribution in [-0.4, -0.2) is 31.5 Å². The minimum absolute atomic E-state index is 0.736. The van der Waals surface area contributed by atoms with Crippen molar-refractivity contribution in [2.45, 2.75) is 13.0 Å². The number of halogens is 1. The highest BCUT2D eigenvalue weighted by atomic mass is 79.9. The molecule has 0 aliphatic heterocycles. The molecular weight excluding hydrogens is 294 g/mol. The van der Waals surface area contributed by atoms with Crippen molar-refractivity contribution >= 4 is 26.8 Å². The van der Waals surface area contributed by atoms with Crippen molar-refractivity contribution in [2.75, 3.05) is 26.9 Å². The molecule has 0 unspecified atom stereocenters. The summed E-state index contributed by atoms with van der Waals surface area (Å²) in [7, 11) is 1.71. The Morgan fingerprint density at radius 2 is 2.06 bits per heavy atom. The number of nitrogens with zero attached hydrogens (tertiary/aromatic N) is 1. The van der Waals surface area contributed by atoms with Crippen LogP contribution >= 0.6 is 15.9 Å². The van der Waals surface area contributed by atoms with Crippen LogP contribution in [0.1, 0.15) is 6.42 Å². The van der Waals surface area contributed by atoms with Gasteiger partial charge in [-0.05, 0) is 24.6 Å². The average Bonchev–Trinajstić information content (AvgIpc) is 2.79. The molecule has 4 heteroatoms. The number of ether oxygens (including phenoxy) is 2. The molecule has 2 aromatic rings. The minimum atomic E-state index is 0.736. The third kappa shape index (κ3) is 3.34. The Bertz CT molecular complexity index is 495. The number of hydrogen-bond acceptors (Lipinski definition) is 2. The zero-order chi connectivity index (χ0) is 12.8. The zero-order valence-electron chi connectivity index (χ0n) is 10.6. The molecule has 0 fully saturated rings. The summed E-state index contributed by atoms with van der Waals surface area (Å²) in [6.45, 7) is 3.14. The van der Waals surface area contributed by atoms with E-state index in [4.69, 9.17) is 9.47 Å². The number of hydrogen-bond donors (Lipinski definition) is 0. The fraction of sp³-hybridized carbons (Fsp3) is 0.429. The Hall–Kier alpha value is -0.840. The first-order valence-corrected chi connectivity index (χ1v) is 6.92. The zero-order valence-corrected chi connectivity index (χ0v) is 12.1. The van der Waals surface area contributed by atoms with Gasteiger partial charge in [0.25, 0.3) is 0 Å². The maximum atomic E-state index is 5.58. The third-order valence-electron chi connectivity index (χ3n) is 2.87. The van der Waals surface area contributed by atoms with E-state index in [0.29, 0.717) is 0 Å². The Morgan fingerprint density at radius 3 is 2.89 bits per heavy atom. The Kier molecular flexibility index (Phi) is 5.23. The molecule has 0 amide bonds. The van der Waals surface area contributed by atoms with E-state index in [1.165, 1.54) is 10.9 Å². The molecule has 1 aromatic carbocycles. The smallest absolute Gasteiger partial charge is 0.0645 e. The van der Waals surface area contributed by atoms with Crippen LogP contribution in [0.5, 0.6) is 0 Å². The molecule has 3 nitrogen and oxygen atoms in total. The van der Waals surface area contributed by atoms with E-state index < -0.39 is 0 Å². The van der Waals surface area contributed by atoms with Crippen LogP contribution in [0.3, 0.4) is 0 Å². The van der Waals surface area contributed by atoms with Crippen LogP contribution in [0.15, 0.2) is 34.9 Å². The predicted molar refractivity (Wildman–Crippen MR) is 77.0 cm³/mol. The topological polar surface area (TPSA) is 23.4 Å².